The van der Waals surface area contributed by atoms with Gasteiger partial charge in [0.2, 0.25) is 0 Å². The number of allylic oxidation sites excluding steroid dienone is 1. The highest BCUT2D eigenvalue weighted by Crippen LogP contribution is 2.21. The number of rotatable bonds is 3. The summed E-state index contributed by atoms with van der Waals surface area (Å²) in [4.78, 5) is 16.1. The van der Waals surface area contributed by atoms with E-state index in [9.17, 15) is 4.79 Å². The van der Waals surface area contributed by atoms with Crippen molar-refractivity contribution in [3.63, 3.8) is 0 Å². The van der Waals surface area contributed by atoms with Crippen molar-refractivity contribution in [3.05, 3.63) is 59.9 Å². The Hall–Kier alpha value is -2.36. The maximum Gasteiger partial charge on any atom is 0.321 e. The number of ether oxygens (including phenoxy) is 1. The summed E-state index contributed by atoms with van der Waals surface area (Å²) in [6, 6.07) is 9.55. The van der Waals surface area contributed by atoms with Gasteiger partial charge < -0.3 is 10.5 Å². The van der Waals surface area contributed by atoms with Crippen molar-refractivity contribution in [1.29, 1.82) is 0 Å². The lowest BCUT2D eigenvalue weighted by Gasteiger charge is -2.18. The monoisotopic (exact) mass is 256 g/mol. The van der Waals surface area contributed by atoms with Gasteiger partial charge in [0.25, 0.3) is 0 Å². The van der Waals surface area contributed by atoms with Crippen LogP contribution in [0.2, 0.25) is 0 Å². The summed E-state index contributed by atoms with van der Waals surface area (Å²) >= 11 is 0. The van der Waals surface area contributed by atoms with Crippen LogP contribution in [0.3, 0.4) is 0 Å². The topological polar surface area (TPSA) is 64.7 Å². The zero-order valence-corrected chi connectivity index (χ0v) is 10.7. The van der Waals surface area contributed by atoms with E-state index in [0.717, 1.165) is 5.56 Å². The molecule has 0 saturated carbocycles. The third kappa shape index (κ3) is 3.31. The Morgan fingerprint density at radius 1 is 1.37 bits per heavy atom. The molecular formula is C15H16N2O2. The molecule has 2 rings (SSSR count). The molecule has 0 fully saturated rings. The molecule has 1 atom stereocenters. The van der Waals surface area contributed by atoms with E-state index in [4.69, 9.17) is 10.5 Å². The molecule has 0 aliphatic carbocycles. The van der Waals surface area contributed by atoms with E-state index in [2.05, 4.69) is 4.99 Å². The molecule has 0 bridgehead atoms. The minimum atomic E-state index is -0.883. The van der Waals surface area contributed by atoms with Gasteiger partial charge in [-0.3, -0.25) is 9.79 Å². The van der Waals surface area contributed by atoms with Crippen LogP contribution < -0.4 is 5.73 Å². The molecule has 0 aromatic heterocycles. The zero-order valence-electron chi connectivity index (χ0n) is 10.7. The van der Waals surface area contributed by atoms with Crippen molar-refractivity contribution in [2.75, 3.05) is 0 Å². The Balaban J connectivity index is 2.02. The van der Waals surface area contributed by atoms with E-state index in [1.165, 1.54) is 12.4 Å². The predicted molar refractivity (Wildman–Crippen MR) is 74.2 cm³/mol. The van der Waals surface area contributed by atoms with Crippen molar-refractivity contribution >= 4 is 12.2 Å². The average molecular weight is 256 g/mol. The van der Waals surface area contributed by atoms with Gasteiger partial charge in [0.15, 0.2) is 0 Å². The second kappa shape index (κ2) is 5.52. The number of hydrogen-bond donors (Lipinski definition) is 1. The molecular weight excluding hydrogens is 240 g/mol. The molecule has 1 unspecified atom stereocenters. The number of carbonyl (C=O) groups excluding carboxylic acids is 1. The van der Waals surface area contributed by atoms with Gasteiger partial charge in [-0.2, -0.15) is 0 Å². The SMILES string of the molecule is CC1(C(=O)OCc2ccccc2)C=CC(N)=CN=C1. The minimum Gasteiger partial charge on any atom is -0.460 e. The summed E-state index contributed by atoms with van der Waals surface area (Å²) in [6.45, 7) is 1.99. The van der Waals surface area contributed by atoms with Crippen LogP contribution in [-0.4, -0.2) is 12.2 Å². The summed E-state index contributed by atoms with van der Waals surface area (Å²) in [5, 5.41) is 0. The van der Waals surface area contributed by atoms with E-state index in [1.54, 1.807) is 19.1 Å². The molecule has 1 aliphatic heterocycles. The van der Waals surface area contributed by atoms with Crippen LogP contribution in [-0.2, 0) is 16.1 Å². The van der Waals surface area contributed by atoms with Crippen LogP contribution >= 0.6 is 0 Å². The van der Waals surface area contributed by atoms with Crippen LogP contribution in [0.4, 0.5) is 0 Å². The van der Waals surface area contributed by atoms with Gasteiger partial charge >= 0.3 is 5.97 Å². The second-order valence-electron chi connectivity index (χ2n) is 4.59. The van der Waals surface area contributed by atoms with Crippen LogP contribution in [0.25, 0.3) is 0 Å². The van der Waals surface area contributed by atoms with E-state index >= 15 is 0 Å². The summed E-state index contributed by atoms with van der Waals surface area (Å²) < 4.78 is 5.32. The lowest BCUT2D eigenvalue weighted by Crippen LogP contribution is -2.29. The summed E-state index contributed by atoms with van der Waals surface area (Å²) in [5.74, 6) is -0.348. The molecule has 2 N–H and O–H groups in total. The lowest BCUT2D eigenvalue weighted by atomic mass is 9.92. The van der Waals surface area contributed by atoms with Crippen molar-refractivity contribution in [3.8, 4) is 0 Å². The Morgan fingerprint density at radius 2 is 2.11 bits per heavy atom. The molecule has 1 aromatic carbocycles. The first-order chi connectivity index (χ1) is 9.10. The highest BCUT2D eigenvalue weighted by Gasteiger charge is 2.31. The number of nitrogens with two attached hydrogens (primary N) is 1. The summed E-state index contributed by atoms with van der Waals surface area (Å²) in [7, 11) is 0. The molecule has 98 valence electrons. The molecule has 4 nitrogen and oxygen atoms in total. The number of esters is 1. The van der Waals surface area contributed by atoms with E-state index < -0.39 is 5.41 Å². The number of benzene rings is 1. The number of aliphatic imine (C=N–C) groups is 1. The second-order valence-corrected chi connectivity index (χ2v) is 4.59. The quantitative estimate of drug-likeness (QED) is 0.843. The van der Waals surface area contributed by atoms with Gasteiger partial charge in [0, 0.05) is 18.1 Å². The van der Waals surface area contributed by atoms with Gasteiger partial charge in [0.05, 0.1) is 0 Å². The maximum atomic E-state index is 12.1. The van der Waals surface area contributed by atoms with Crippen molar-refractivity contribution in [2.24, 2.45) is 16.1 Å². The van der Waals surface area contributed by atoms with Gasteiger partial charge in [0.1, 0.15) is 12.0 Å². The number of hydrogen-bond acceptors (Lipinski definition) is 4. The highest BCUT2D eigenvalue weighted by molar-refractivity contribution is 5.97. The molecule has 0 amide bonds. The minimum absolute atomic E-state index is 0.250. The first-order valence-corrected chi connectivity index (χ1v) is 6.00. The third-order valence-electron chi connectivity index (χ3n) is 2.84. The standard InChI is InChI=1S/C15H16N2O2/c1-15(8-7-13(16)9-17-11-15)14(18)19-10-12-5-3-2-4-6-12/h2-9,11H,10,16H2,1H3. The van der Waals surface area contributed by atoms with Crippen LogP contribution in [0, 0.1) is 5.41 Å². The van der Waals surface area contributed by atoms with Crippen LogP contribution in [0.15, 0.2) is 59.4 Å². The van der Waals surface area contributed by atoms with Crippen molar-refractivity contribution in [2.45, 2.75) is 13.5 Å². The lowest BCUT2D eigenvalue weighted by molar-refractivity contribution is -0.150. The first-order valence-electron chi connectivity index (χ1n) is 6.00. The van der Waals surface area contributed by atoms with Gasteiger partial charge in [-0.1, -0.05) is 36.4 Å². The molecule has 0 radical (unpaired) electrons. The van der Waals surface area contributed by atoms with E-state index in [0.29, 0.717) is 5.70 Å². The fourth-order valence-electron chi connectivity index (χ4n) is 1.63. The summed E-state index contributed by atoms with van der Waals surface area (Å²) in [5.41, 5.74) is 6.21. The number of nitrogens with zero attached hydrogens (tertiary/aromatic N) is 1. The van der Waals surface area contributed by atoms with E-state index in [-0.39, 0.29) is 12.6 Å². The Morgan fingerprint density at radius 3 is 2.84 bits per heavy atom. The van der Waals surface area contributed by atoms with E-state index in [1.807, 2.05) is 30.3 Å². The fraction of sp³-hybridized carbons (Fsp3) is 0.200. The molecule has 19 heavy (non-hydrogen) atoms. The smallest absolute Gasteiger partial charge is 0.321 e. The van der Waals surface area contributed by atoms with Crippen LogP contribution in [0.1, 0.15) is 12.5 Å². The molecule has 0 saturated heterocycles. The van der Waals surface area contributed by atoms with Crippen LogP contribution in [0.5, 0.6) is 0 Å². The van der Waals surface area contributed by atoms with Gasteiger partial charge in [-0.15, -0.1) is 0 Å². The Bertz CT molecular complexity index is 547. The number of carbonyl (C=O) groups is 1. The Labute approximate surface area is 112 Å². The fourth-order valence-corrected chi connectivity index (χ4v) is 1.63. The normalized spacial score (nSPS) is 21.6. The maximum absolute atomic E-state index is 12.1. The van der Waals surface area contributed by atoms with Gasteiger partial charge in [-0.05, 0) is 18.6 Å². The third-order valence-corrected chi connectivity index (χ3v) is 2.84. The molecule has 0 spiro atoms. The zero-order chi connectivity index (χ0) is 13.7. The average Bonchev–Trinajstić information content (AvgIpc) is 2.60. The molecule has 4 heteroatoms. The predicted octanol–water partition coefficient (Wildman–Crippen LogP) is 2.18. The molecule has 1 heterocycles. The highest BCUT2D eigenvalue weighted by atomic mass is 16.5. The van der Waals surface area contributed by atoms with Crippen molar-refractivity contribution in [1.82, 2.24) is 0 Å². The Kier molecular flexibility index (Phi) is 3.80. The van der Waals surface area contributed by atoms with Gasteiger partial charge in [-0.25, -0.2) is 0 Å². The molecule has 1 aliphatic rings. The van der Waals surface area contributed by atoms with Crippen molar-refractivity contribution < 1.29 is 9.53 Å². The molecule has 1 aromatic rings. The summed E-state index contributed by atoms with van der Waals surface area (Å²) in [6.07, 6.45) is 6.41. The first kappa shape index (κ1) is 13.1. The largest absolute Gasteiger partial charge is 0.460 e.